The van der Waals surface area contributed by atoms with Crippen LogP contribution in [0, 0.1) is 11.8 Å². The van der Waals surface area contributed by atoms with E-state index in [0.29, 0.717) is 56.3 Å². The molecule has 1 aromatic heterocycles. The number of piperidine rings is 1. The van der Waals surface area contributed by atoms with Gasteiger partial charge in [-0.1, -0.05) is 78.9 Å². The summed E-state index contributed by atoms with van der Waals surface area (Å²) in [6.07, 6.45) is 9.24. The summed E-state index contributed by atoms with van der Waals surface area (Å²) in [7, 11) is 2.62. The molecule has 0 spiro atoms. The molecular weight excluding hydrogens is 835 g/mol. The second kappa shape index (κ2) is 18.6. The van der Waals surface area contributed by atoms with Gasteiger partial charge in [0.05, 0.1) is 38.2 Å². The average Bonchev–Trinajstić information content (AvgIpc) is 4.24. The van der Waals surface area contributed by atoms with Gasteiger partial charge in [-0.2, -0.15) is 0 Å². The Balaban J connectivity index is 0.800. The molecular formula is C52H55N7O7. The second-order valence-corrected chi connectivity index (χ2v) is 18.1. The third-order valence-corrected chi connectivity index (χ3v) is 14.4. The largest absolute Gasteiger partial charge is 0.453 e. The molecule has 0 unspecified atom stereocenters. The minimum Gasteiger partial charge on any atom is -0.453 e. The molecule has 2 bridgehead atoms. The van der Waals surface area contributed by atoms with Crippen molar-refractivity contribution in [3.8, 4) is 22.4 Å². The molecule has 1 aliphatic carbocycles. The van der Waals surface area contributed by atoms with Crippen LogP contribution >= 0.6 is 0 Å². The van der Waals surface area contributed by atoms with Gasteiger partial charge in [0.1, 0.15) is 17.9 Å². The number of imidazole rings is 1. The number of methoxy groups -OCH3 is 2. The number of amides is 4. The van der Waals surface area contributed by atoms with Gasteiger partial charge in [-0.3, -0.25) is 14.6 Å². The first-order valence-electron chi connectivity index (χ1n) is 23.2. The van der Waals surface area contributed by atoms with Crippen LogP contribution in [0.4, 0.5) is 9.59 Å². The fourth-order valence-electron chi connectivity index (χ4n) is 11.0. The zero-order chi connectivity index (χ0) is 45.3. The standard InChI is InChI=1S/C52H55N7O7/c1-64-51(62)56-45(33-7-4-3-5-8-33)49(60)58-22-6-9-44(58)48-54-30-43(55-48)38-17-16-36-25-35(14-15-37(36)26-38)31-10-12-32(13-11-31)40-28-42(53-29-40)47-39-18-19-41(27-39)59(47)50(61)46(57-52(63)65-2)34-20-23-66-24-21-34/h3-5,7-8,10-17,25-26,29-30,34,39,41,44-47H,6,9,18-24,27-28H2,1-2H3,(H,54,55)(H,56,62)(H,57,63)/t39-,41+,44-,45+,46-,47-/m0/s1. The molecule has 0 radical (unpaired) electrons. The van der Waals surface area contributed by atoms with Crippen LogP contribution in [0.5, 0.6) is 0 Å². The van der Waals surface area contributed by atoms with Crippen molar-refractivity contribution in [1.82, 2.24) is 30.4 Å². The predicted octanol–water partition coefficient (Wildman–Crippen LogP) is 8.37. The van der Waals surface area contributed by atoms with Gasteiger partial charge in [-0.25, -0.2) is 14.6 Å². The third-order valence-electron chi connectivity index (χ3n) is 14.4. The number of aliphatic imine (C=N–C) groups is 1. The summed E-state index contributed by atoms with van der Waals surface area (Å²) >= 11 is 0. The van der Waals surface area contributed by atoms with Crippen LogP contribution in [0.2, 0.25) is 0 Å². The maximum absolute atomic E-state index is 14.4. The zero-order valence-corrected chi connectivity index (χ0v) is 37.3. The van der Waals surface area contributed by atoms with E-state index in [0.717, 1.165) is 82.1 Å². The maximum Gasteiger partial charge on any atom is 0.407 e. The van der Waals surface area contributed by atoms with Crippen molar-refractivity contribution < 1.29 is 33.4 Å². The number of nitrogens with one attached hydrogen (secondary N) is 3. The van der Waals surface area contributed by atoms with E-state index in [2.05, 4.69) is 81.2 Å². The van der Waals surface area contributed by atoms with Crippen molar-refractivity contribution in [1.29, 1.82) is 0 Å². The molecule has 5 aliphatic rings. The number of aromatic amines is 1. The van der Waals surface area contributed by atoms with Crippen molar-refractivity contribution >= 4 is 46.1 Å². The number of carbonyl (C=O) groups is 4. The lowest BCUT2D eigenvalue weighted by molar-refractivity contribution is -0.138. The lowest BCUT2D eigenvalue weighted by atomic mass is 9.87. The van der Waals surface area contributed by atoms with Gasteiger partial charge >= 0.3 is 12.2 Å². The summed E-state index contributed by atoms with van der Waals surface area (Å²) in [5.74, 6) is 0.831. The van der Waals surface area contributed by atoms with Gasteiger partial charge in [-0.05, 0) is 108 Å². The highest BCUT2D eigenvalue weighted by molar-refractivity contribution is 6.04. The summed E-state index contributed by atoms with van der Waals surface area (Å²) in [6.45, 7) is 1.71. The van der Waals surface area contributed by atoms with E-state index in [4.69, 9.17) is 24.2 Å². The van der Waals surface area contributed by atoms with Crippen molar-refractivity contribution in [2.75, 3.05) is 34.0 Å². The molecule has 66 heavy (non-hydrogen) atoms. The number of hydrogen-bond acceptors (Lipinski definition) is 9. The normalized spacial score (nSPS) is 22.5. The highest BCUT2D eigenvalue weighted by atomic mass is 16.5. The molecule has 14 nitrogen and oxygen atoms in total. The number of rotatable bonds is 11. The van der Waals surface area contributed by atoms with E-state index in [-0.39, 0.29) is 35.9 Å². The lowest BCUT2D eigenvalue weighted by Gasteiger charge is -2.40. The molecule has 3 N–H and O–H groups in total. The lowest BCUT2D eigenvalue weighted by Crippen LogP contribution is -2.58. The number of fused-ring (bicyclic) bond motifs is 3. The fraction of sp³-hybridized carbons (Fsp3) is 0.385. The Morgan fingerprint density at radius 1 is 0.773 bits per heavy atom. The van der Waals surface area contributed by atoms with Gasteiger partial charge < -0.3 is 39.6 Å². The summed E-state index contributed by atoms with van der Waals surface area (Å²) in [5.41, 5.74) is 8.02. The molecule has 4 aromatic carbocycles. The molecule has 4 amide bonds. The highest BCUT2D eigenvalue weighted by Gasteiger charge is 2.52. The minimum absolute atomic E-state index is 0.00577. The Kier molecular flexibility index (Phi) is 12.1. The van der Waals surface area contributed by atoms with Crippen molar-refractivity contribution in [3.63, 3.8) is 0 Å². The number of likely N-dealkylation sites (tertiary alicyclic amines) is 2. The second-order valence-electron chi connectivity index (χ2n) is 18.1. The van der Waals surface area contributed by atoms with Crippen LogP contribution in [-0.2, 0) is 23.8 Å². The Hall–Kier alpha value is -6.80. The predicted molar refractivity (Wildman–Crippen MR) is 250 cm³/mol. The Morgan fingerprint density at radius 2 is 1.47 bits per heavy atom. The summed E-state index contributed by atoms with van der Waals surface area (Å²) < 4.78 is 15.4. The van der Waals surface area contributed by atoms with Gasteiger partial charge in [0.25, 0.3) is 5.91 Å². The molecule has 5 heterocycles. The number of nitrogens with zero attached hydrogens (tertiary/aromatic N) is 4. The van der Waals surface area contributed by atoms with E-state index in [1.54, 1.807) is 4.90 Å². The summed E-state index contributed by atoms with van der Waals surface area (Å²) in [5, 5.41) is 7.83. The van der Waals surface area contributed by atoms with Gasteiger partial charge in [0.2, 0.25) is 5.91 Å². The van der Waals surface area contributed by atoms with Crippen LogP contribution in [0.25, 0.3) is 38.7 Å². The number of H-pyrrole nitrogens is 1. The molecule has 6 atom stereocenters. The number of benzene rings is 4. The quantitative estimate of drug-likeness (QED) is 0.119. The Labute approximate surface area is 383 Å². The minimum atomic E-state index is -0.880. The van der Waals surface area contributed by atoms with Crippen LogP contribution < -0.4 is 10.6 Å². The Bertz CT molecular complexity index is 2690. The first-order chi connectivity index (χ1) is 32.3. The van der Waals surface area contributed by atoms with E-state index in [9.17, 15) is 19.2 Å². The van der Waals surface area contributed by atoms with Crippen LogP contribution in [0.15, 0.2) is 108 Å². The number of carbonyl (C=O) groups excluding carboxylic acids is 4. The zero-order valence-electron chi connectivity index (χ0n) is 37.3. The van der Waals surface area contributed by atoms with Crippen LogP contribution in [0.1, 0.15) is 80.4 Å². The topological polar surface area (TPSA) is 168 Å². The van der Waals surface area contributed by atoms with Crippen molar-refractivity contribution in [2.24, 2.45) is 16.8 Å². The Morgan fingerprint density at radius 3 is 2.23 bits per heavy atom. The SMILES string of the molecule is COC(=O)N[C@H](C(=O)N1[C@@H]2CC[C@@H](C2)[C@H]1C1=NC=C(c2ccc(-c3ccc4cc(-c5cnc([C@@H]6CCCN6C(=O)[C@H](NC(=O)OC)c6ccccc6)[nH]5)ccc4c3)cc2)C1)C1CCOCC1. The fourth-order valence-corrected chi connectivity index (χ4v) is 11.0. The van der Waals surface area contributed by atoms with E-state index in [1.165, 1.54) is 14.2 Å². The highest BCUT2D eigenvalue weighted by Crippen LogP contribution is 2.46. The number of allylic oxidation sites excluding steroid dienone is 1. The maximum atomic E-state index is 14.4. The number of alkyl carbamates (subject to hydrolysis) is 2. The summed E-state index contributed by atoms with van der Waals surface area (Å²) in [6, 6.07) is 29.0. The third kappa shape index (κ3) is 8.45. The molecule has 14 heteroatoms. The molecule has 5 aromatic rings. The van der Waals surface area contributed by atoms with Crippen molar-refractivity contribution in [3.05, 3.63) is 120 Å². The first-order valence-corrected chi connectivity index (χ1v) is 23.2. The average molecular weight is 890 g/mol. The number of ether oxygens (including phenoxy) is 3. The number of aromatic nitrogens is 2. The molecule has 4 aliphatic heterocycles. The van der Waals surface area contributed by atoms with E-state index >= 15 is 0 Å². The molecule has 3 saturated heterocycles. The van der Waals surface area contributed by atoms with Gasteiger partial charge in [0, 0.05) is 49.7 Å². The van der Waals surface area contributed by atoms with Gasteiger partial charge in [0.15, 0.2) is 0 Å². The molecule has 1 saturated carbocycles. The monoisotopic (exact) mass is 889 g/mol. The smallest absolute Gasteiger partial charge is 0.407 e. The van der Waals surface area contributed by atoms with E-state index in [1.807, 2.05) is 42.7 Å². The molecule has 10 rings (SSSR count). The molecule has 340 valence electrons. The van der Waals surface area contributed by atoms with Crippen LogP contribution in [-0.4, -0.2) is 102 Å². The summed E-state index contributed by atoms with van der Waals surface area (Å²) in [4.78, 5) is 70.2. The molecule has 4 fully saturated rings. The van der Waals surface area contributed by atoms with Crippen LogP contribution in [0.3, 0.4) is 0 Å². The van der Waals surface area contributed by atoms with Crippen molar-refractivity contribution in [2.45, 2.75) is 81.6 Å². The number of hydrogen-bond donors (Lipinski definition) is 3. The van der Waals surface area contributed by atoms with Gasteiger partial charge in [-0.15, -0.1) is 0 Å². The first kappa shape index (κ1) is 43.1. The van der Waals surface area contributed by atoms with E-state index < -0.39 is 24.3 Å².